The van der Waals surface area contributed by atoms with Gasteiger partial charge in [0.1, 0.15) is 17.2 Å². The maximum absolute atomic E-state index is 6.28. The van der Waals surface area contributed by atoms with Gasteiger partial charge in [-0.05, 0) is 79.0 Å². The van der Waals surface area contributed by atoms with Crippen molar-refractivity contribution in [2.24, 2.45) is 0 Å². The standard InChI is InChI=1S/C14H10Br3N3/c1-7-9(15)4-5-12-19-13(14(18)20(7)12)8-2-3-10(16)11(17)6-8/h2-6H,18H2,1H3. The highest BCUT2D eigenvalue weighted by atomic mass is 79.9. The van der Waals surface area contributed by atoms with Crippen LogP contribution in [0, 0.1) is 6.92 Å². The van der Waals surface area contributed by atoms with E-state index < -0.39 is 0 Å². The Hall–Kier alpha value is -0.850. The lowest BCUT2D eigenvalue weighted by Gasteiger charge is -2.05. The molecule has 0 unspecified atom stereocenters. The van der Waals surface area contributed by atoms with Gasteiger partial charge < -0.3 is 5.73 Å². The van der Waals surface area contributed by atoms with Crippen LogP contribution in [0.1, 0.15) is 5.69 Å². The molecule has 0 radical (unpaired) electrons. The van der Waals surface area contributed by atoms with E-state index >= 15 is 0 Å². The van der Waals surface area contributed by atoms with Crippen LogP contribution in [0.25, 0.3) is 16.9 Å². The molecule has 0 atom stereocenters. The van der Waals surface area contributed by atoms with E-state index in [4.69, 9.17) is 5.73 Å². The zero-order valence-electron chi connectivity index (χ0n) is 10.5. The Kier molecular flexibility index (Phi) is 3.64. The van der Waals surface area contributed by atoms with Gasteiger partial charge >= 0.3 is 0 Å². The van der Waals surface area contributed by atoms with E-state index in [2.05, 4.69) is 52.8 Å². The van der Waals surface area contributed by atoms with Crippen molar-refractivity contribution in [2.75, 3.05) is 5.73 Å². The summed E-state index contributed by atoms with van der Waals surface area (Å²) in [5.41, 5.74) is 9.94. The molecule has 2 aromatic heterocycles. The fourth-order valence-electron chi connectivity index (χ4n) is 2.15. The second-order valence-electron chi connectivity index (χ2n) is 4.43. The quantitative estimate of drug-likeness (QED) is 0.545. The van der Waals surface area contributed by atoms with Crippen LogP contribution in [-0.2, 0) is 0 Å². The van der Waals surface area contributed by atoms with Crippen LogP contribution in [0.2, 0.25) is 0 Å². The third kappa shape index (κ3) is 2.19. The number of aromatic nitrogens is 2. The molecule has 2 heterocycles. The third-order valence-corrected chi connectivity index (χ3v) is 5.91. The van der Waals surface area contributed by atoms with Gasteiger partial charge in [-0.2, -0.15) is 0 Å². The number of nitrogens with two attached hydrogens (primary N) is 1. The Morgan fingerprint density at radius 3 is 2.40 bits per heavy atom. The number of hydrogen-bond donors (Lipinski definition) is 1. The lowest BCUT2D eigenvalue weighted by molar-refractivity contribution is 1.09. The van der Waals surface area contributed by atoms with Crippen LogP contribution < -0.4 is 5.73 Å². The largest absolute Gasteiger partial charge is 0.383 e. The first-order valence-electron chi connectivity index (χ1n) is 5.87. The maximum atomic E-state index is 6.28. The molecule has 0 aliphatic rings. The summed E-state index contributed by atoms with van der Waals surface area (Å²) >= 11 is 10.5. The lowest BCUT2D eigenvalue weighted by atomic mass is 10.1. The van der Waals surface area contributed by atoms with E-state index in [1.54, 1.807) is 0 Å². The van der Waals surface area contributed by atoms with Crippen molar-refractivity contribution in [3.8, 4) is 11.3 Å². The van der Waals surface area contributed by atoms with Crippen molar-refractivity contribution in [1.82, 2.24) is 9.38 Å². The van der Waals surface area contributed by atoms with Gasteiger partial charge in [-0.15, -0.1) is 0 Å². The van der Waals surface area contributed by atoms with Crippen LogP contribution in [-0.4, -0.2) is 9.38 Å². The summed E-state index contributed by atoms with van der Waals surface area (Å²) in [5, 5.41) is 0. The Bertz CT molecular complexity index is 824. The monoisotopic (exact) mass is 457 g/mol. The molecule has 20 heavy (non-hydrogen) atoms. The molecule has 0 saturated carbocycles. The predicted octanol–water partition coefficient (Wildman–Crippen LogP) is 5.18. The van der Waals surface area contributed by atoms with Crippen LogP contribution in [0.15, 0.2) is 43.7 Å². The minimum atomic E-state index is 0.646. The smallest absolute Gasteiger partial charge is 0.139 e. The first-order valence-corrected chi connectivity index (χ1v) is 8.25. The molecule has 0 aliphatic heterocycles. The summed E-state index contributed by atoms with van der Waals surface area (Å²) in [6.07, 6.45) is 0. The van der Waals surface area contributed by atoms with Crippen molar-refractivity contribution in [2.45, 2.75) is 6.92 Å². The highest BCUT2D eigenvalue weighted by Crippen LogP contribution is 2.33. The molecule has 0 fully saturated rings. The molecule has 6 heteroatoms. The van der Waals surface area contributed by atoms with Crippen LogP contribution in [0.4, 0.5) is 5.82 Å². The van der Waals surface area contributed by atoms with Gasteiger partial charge in [0.25, 0.3) is 0 Å². The second-order valence-corrected chi connectivity index (χ2v) is 7.00. The van der Waals surface area contributed by atoms with E-state index in [-0.39, 0.29) is 0 Å². The Labute approximate surface area is 141 Å². The molecule has 0 spiro atoms. The molecule has 102 valence electrons. The normalized spacial score (nSPS) is 11.2. The second kappa shape index (κ2) is 5.16. The molecule has 3 nitrogen and oxygen atoms in total. The zero-order chi connectivity index (χ0) is 14.4. The average Bonchev–Trinajstić information content (AvgIpc) is 2.75. The van der Waals surface area contributed by atoms with E-state index in [0.29, 0.717) is 5.82 Å². The van der Waals surface area contributed by atoms with Gasteiger partial charge in [0.05, 0.1) is 0 Å². The summed E-state index contributed by atoms with van der Waals surface area (Å²) in [5.74, 6) is 0.646. The van der Waals surface area contributed by atoms with Crippen LogP contribution in [0.5, 0.6) is 0 Å². The Morgan fingerprint density at radius 1 is 1.00 bits per heavy atom. The summed E-state index contributed by atoms with van der Waals surface area (Å²) in [6, 6.07) is 9.92. The van der Waals surface area contributed by atoms with E-state index in [0.717, 1.165) is 36.0 Å². The summed E-state index contributed by atoms with van der Waals surface area (Å²) in [4.78, 5) is 4.64. The van der Waals surface area contributed by atoms with Gasteiger partial charge in [0.15, 0.2) is 0 Å². The predicted molar refractivity (Wildman–Crippen MR) is 92.9 cm³/mol. The SMILES string of the molecule is Cc1c(Br)ccc2nc(-c3ccc(Br)c(Br)c3)c(N)n12. The van der Waals surface area contributed by atoms with Crippen molar-refractivity contribution < 1.29 is 0 Å². The molecule has 0 aliphatic carbocycles. The summed E-state index contributed by atoms with van der Waals surface area (Å²) in [6.45, 7) is 2.01. The van der Waals surface area contributed by atoms with E-state index in [1.807, 2.05) is 41.7 Å². The number of anilines is 1. The minimum Gasteiger partial charge on any atom is -0.383 e. The van der Waals surface area contributed by atoms with E-state index in [1.165, 1.54) is 0 Å². The molecule has 3 aromatic rings. The number of hydrogen-bond acceptors (Lipinski definition) is 2. The fraction of sp³-hybridized carbons (Fsp3) is 0.0714. The number of pyridine rings is 1. The van der Waals surface area contributed by atoms with Crippen molar-refractivity contribution in [1.29, 1.82) is 0 Å². The average molecular weight is 460 g/mol. The molecule has 1 aromatic carbocycles. The Morgan fingerprint density at radius 2 is 1.70 bits per heavy atom. The lowest BCUT2D eigenvalue weighted by Crippen LogP contribution is -1.98. The van der Waals surface area contributed by atoms with Crippen molar-refractivity contribution in [3.63, 3.8) is 0 Å². The fourth-order valence-corrected chi connectivity index (χ4v) is 3.08. The molecule has 0 saturated heterocycles. The van der Waals surface area contributed by atoms with Crippen molar-refractivity contribution >= 4 is 59.3 Å². The minimum absolute atomic E-state index is 0.646. The van der Waals surface area contributed by atoms with E-state index in [9.17, 15) is 0 Å². The molecule has 3 rings (SSSR count). The van der Waals surface area contributed by atoms with Crippen LogP contribution in [0.3, 0.4) is 0 Å². The number of benzene rings is 1. The van der Waals surface area contributed by atoms with Crippen LogP contribution >= 0.6 is 47.8 Å². The van der Waals surface area contributed by atoms with Gasteiger partial charge in [0, 0.05) is 24.7 Å². The van der Waals surface area contributed by atoms with Gasteiger partial charge in [-0.25, -0.2) is 4.98 Å². The maximum Gasteiger partial charge on any atom is 0.139 e. The molecule has 0 bridgehead atoms. The first kappa shape index (κ1) is 14.1. The number of rotatable bonds is 1. The first-order chi connectivity index (χ1) is 9.49. The number of halogens is 3. The molecular weight excluding hydrogens is 450 g/mol. The third-order valence-electron chi connectivity index (χ3n) is 3.19. The number of nitrogens with zero attached hydrogens (tertiary/aromatic N) is 2. The van der Waals surface area contributed by atoms with Gasteiger partial charge in [-0.1, -0.05) is 6.07 Å². The number of fused-ring (bicyclic) bond motifs is 1. The Balaban J connectivity index is 2.29. The summed E-state index contributed by atoms with van der Waals surface area (Å²) < 4.78 is 4.94. The highest BCUT2D eigenvalue weighted by molar-refractivity contribution is 9.13. The zero-order valence-corrected chi connectivity index (χ0v) is 15.3. The summed E-state index contributed by atoms with van der Waals surface area (Å²) in [7, 11) is 0. The number of nitrogen functional groups attached to an aromatic ring is 1. The number of imidazole rings is 1. The topological polar surface area (TPSA) is 43.3 Å². The molecule has 0 amide bonds. The highest BCUT2D eigenvalue weighted by Gasteiger charge is 2.14. The molecular formula is C14H10Br3N3. The van der Waals surface area contributed by atoms with Crippen molar-refractivity contribution in [3.05, 3.63) is 49.4 Å². The van der Waals surface area contributed by atoms with Gasteiger partial charge in [0.2, 0.25) is 0 Å². The number of aryl methyl sites for hydroxylation is 1. The molecule has 2 N–H and O–H groups in total. The van der Waals surface area contributed by atoms with Gasteiger partial charge in [-0.3, -0.25) is 4.40 Å².